The Kier molecular flexibility index (Phi) is 8.22. The van der Waals surface area contributed by atoms with E-state index in [4.69, 9.17) is 15.2 Å². The Bertz CT molecular complexity index is 379. The van der Waals surface area contributed by atoms with E-state index in [0.29, 0.717) is 31.9 Å². The maximum absolute atomic E-state index is 11.5. The highest BCUT2D eigenvalue weighted by Gasteiger charge is 2.01. The number of nitrogens with one attached hydrogen (secondary N) is 1. The maximum atomic E-state index is 11.5. The van der Waals surface area contributed by atoms with E-state index in [1.165, 1.54) is 0 Å². The fourth-order valence-corrected chi connectivity index (χ4v) is 1.56. The molecule has 0 fully saturated rings. The van der Waals surface area contributed by atoms with Crippen LogP contribution in [-0.4, -0.2) is 32.3 Å². The molecule has 0 spiro atoms. The van der Waals surface area contributed by atoms with E-state index in [0.717, 1.165) is 25.2 Å². The lowest BCUT2D eigenvalue weighted by Crippen LogP contribution is -2.26. The molecule has 3 N–H and O–H groups in total. The third-order valence-corrected chi connectivity index (χ3v) is 2.61. The molecule has 5 nitrogen and oxygen atoms in total. The van der Waals surface area contributed by atoms with Crippen molar-refractivity contribution in [3.63, 3.8) is 0 Å². The van der Waals surface area contributed by atoms with E-state index < -0.39 is 0 Å². The Morgan fingerprint density at radius 3 is 2.65 bits per heavy atom. The van der Waals surface area contributed by atoms with Gasteiger partial charge < -0.3 is 20.5 Å². The zero-order chi connectivity index (χ0) is 14.6. The number of amides is 1. The molecule has 0 aliphatic rings. The van der Waals surface area contributed by atoms with Gasteiger partial charge in [-0.3, -0.25) is 4.79 Å². The monoisotopic (exact) mass is 280 g/mol. The third kappa shape index (κ3) is 7.63. The Morgan fingerprint density at radius 2 is 1.95 bits per heavy atom. The lowest BCUT2D eigenvalue weighted by atomic mass is 10.3. The molecule has 1 aromatic rings. The Hall–Kier alpha value is -1.75. The highest BCUT2D eigenvalue weighted by atomic mass is 16.5. The molecule has 0 aromatic heterocycles. The Morgan fingerprint density at radius 1 is 1.20 bits per heavy atom. The zero-order valence-electron chi connectivity index (χ0n) is 12.1. The van der Waals surface area contributed by atoms with Crippen LogP contribution in [0.5, 0.6) is 5.75 Å². The van der Waals surface area contributed by atoms with Crippen LogP contribution in [0.2, 0.25) is 0 Å². The number of hydrogen-bond donors (Lipinski definition) is 2. The topological polar surface area (TPSA) is 73.6 Å². The summed E-state index contributed by atoms with van der Waals surface area (Å²) >= 11 is 0. The van der Waals surface area contributed by atoms with Crippen LogP contribution in [0.4, 0.5) is 5.69 Å². The summed E-state index contributed by atoms with van der Waals surface area (Å²) in [4.78, 5) is 11.5. The number of benzene rings is 1. The number of nitrogens with two attached hydrogens (primary N) is 1. The van der Waals surface area contributed by atoms with E-state index in [2.05, 4.69) is 12.2 Å². The maximum Gasteiger partial charge on any atom is 0.223 e. The second-order valence-corrected chi connectivity index (χ2v) is 4.48. The van der Waals surface area contributed by atoms with Gasteiger partial charge >= 0.3 is 0 Å². The summed E-state index contributed by atoms with van der Waals surface area (Å²) < 4.78 is 10.8. The van der Waals surface area contributed by atoms with Gasteiger partial charge in [-0.25, -0.2) is 0 Å². The van der Waals surface area contributed by atoms with Crippen LogP contribution in [0.3, 0.4) is 0 Å². The van der Waals surface area contributed by atoms with Gasteiger partial charge in [-0.2, -0.15) is 0 Å². The average molecular weight is 280 g/mol. The van der Waals surface area contributed by atoms with Crippen molar-refractivity contribution >= 4 is 11.6 Å². The Balaban J connectivity index is 2.01. The van der Waals surface area contributed by atoms with Gasteiger partial charge in [0.2, 0.25) is 5.91 Å². The lowest BCUT2D eigenvalue weighted by Gasteiger charge is -2.07. The largest absolute Gasteiger partial charge is 0.493 e. The minimum atomic E-state index is -0.00376. The molecule has 112 valence electrons. The van der Waals surface area contributed by atoms with Crippen molar-refractivity contribution in [1.82, 2.24) is 5.32 Å². The predicted molar refractivity (Wildman–Crippen MR) is 79.7 cm³/mol. The second-order valence-electron chi connectivity index (χ2n) is 4.48. The summed E-state index contributed by atoms with van der Waals surface area (Å²) in [6, 6.07) is 7.12. The van der Waals surface area contributed by atoms with Crippen LogP contribution in [0.25, 0.3) is 0 Å². The number of ether oxygens (including phenoxy) is 2. The fraction of sp³-hybridized carbons (Fsp3) is 0.533. The lowest BCUT2D eigenvalue weighted by molar-refractivity contribution is -0.121. The molecule has 0 unspecified atom stereocenters. The molecule has 1 aromatic carbocycles. The van der Waals surface area contributed by atoms with E-state index in [9.17, 15) is 4.79 Å². The van der Waals surface area contributed by atoms with Gasteiger partial charge in [0.1, 0.15) is 5.75 Å². The van der Waals surface area contributed by atoms with Crippen molar-refractivity contribution in [2.45, 2.75) is 26.2 Å². The Labute approximate surface area is 120 Å². The molecule has 5 heteroatoms. The van der Waals surface area contributed by atoms with Crippen molar-refractivity contribution in [3.8, 4) is 5.75 Å². The van der Waals surface area contributed by atoms with Crippen LogP contribution in [-0.2, 0) is 9.53 Å². The zero-order valence-corrected chi connectivity index (χ0v) is 12.1. The number of carbonyl (C=O) groups is 1. The van der Waals surface area contributed by atoms with Gasteiger partial charge in [-0.15, -0.1) is 0 Å². The van der Waals surface area contributed by atoms with Gasteiger partial charge in [-0.1, -0.05) is 6.92 Å². The normalized spacial score (nSPS) is 10.2. The number of rotatable bonds is 10. The predicted octanol–water partition coefficient (Wildman–Crippen LogP) is 1.97. The molecule has 1 amide bonds. The van der Waals surface area contributed by atoms with Crippen molar-refractivity contribution in [1.29, 1.82) is 0 Å². The smallest absolute Gasteiger partial charge is 0.223 e. The first kappa shape index (κ1) is 16.3. The van der Waals surface area contributed by atoms with E-state index in [1.807, 2.05) is 0 Å². The quantitative estimate of drug-likeness (QED) is 0.507. The summed E-state index contributed by atoms with van der Waals surface area (Å²) in [6.45, 7) is 4.55. The number of carbonyl (C=O) groups excluding carboxylic acids is 1. The minimum absolute atomic E-state index is 0.00376. The first-order chi connectivity index (χ1) is 9.72. The molecular formula is C15H24N2O3. The molecule has 20 heavy (non-hydrogen) atoms. The molecule has 0 atom stereocenters. The number of anilines is 1. The molecule has 1 rings (SSSR count). The molecule has 0 bridgehead atoms. The fourth-order valence-electron chi connectivity index (χ4n) is 1.56. The standard InChI is InChI=1S/C15H24N2O3/c1-2-10-19-11-3-9-17-15(18)8-12-20-14-6-4-13(16)5-7-14/h4-7H,2-3,8-12,16H2,1H3,(H,17,18). The number of hydrogen-bond acceptors (Lipinski definition) is 4. The van der Waals surface area contributed by atoms with Crippen molar-refractivity contribution < 1.29 is 14.3 Å². The van der Waals surface area contributed by atoms with Gasteiger partial charge in [0, 0.05) is 25.4 Å². The van der Waals surface area contributed by atoms with Crippen LogP contribution >= 0.6 is 0 Å². The van der Waals surface area contributed by atoms with Gasteiger partial charge in [0.15, 0.2) is 0 Å². The van der Waals surface area contributed by atoms with E-state index in [1.54, 1.807) is 24.3 Å². The molecule has 0 heterocycles. The van der Waals surface area contributed by atoms with E-state index in [-0.39, 0.29) is 5.91 Å². The van der Waals surface area contributed by atoms with Crippen molar-refractivity contribution in [2.75, 3.05) is 32.1 Å². The molecule has 0 radical (unpaired) electrons. The molecule has 0 saturated heterocycles. The minimum Gasteiger partial charge on any atom is -0.493 e. The number of nitrogen functional groups attached to an aromatic ring is 1. The van der Waals surface area contributed by atoms with E-state index >= 15 is 0 Å². The SMILES string of the molecule is CCCOCCCNC(=O)CCOc1ccc(N)cc1. The average Bonchev–Trinajstić information content (AvgIpc) is 2.45. The summed E-state index contributed by atoms with van der Waals surface area (Å²) in [5.41, 5.74) is 6.27. The first-order valence-electron chi connectivity index (χ1n) is 7.05. The van der Waals surface area contributed by atoms with Crippen LogP contribution < -0.4 is 15.8 Å². The van der Waals surface area contributed by atoms with Crippen molar-refractivity contribution in [2.24, 2.45) is 0 Å². The summed E-state index contributed by atoms with van der Waals surface area (Å²) in [7, 11) is 0. The van der Waals surface area contributed by atoms with Crippen molar-refractivity contribution in [3.05, 3.63) is 24.3 Å². The van der Waals surface area contributed by atoms with Gasteiger partial charge in [-0.05, 0) is 37.1 Å². The van der Waals surface area contributed by atoms with Gasteiger partial charge in [0.05, 0.1) is 13.0 Å². The highest BCUT2D eigenvalue weighted by molar-refractivity contribution is 5.75. The third-order valence-electron chi connectivity index (χ3n) is 2.61. The van der Waals surface area contributed by atoms with Crippen LogP contribution in [0, 0.1) is 0 Å². The highest BCUT2D eigenvalue weighted by Crippen LogP contribution is 2.12. The molecule has 0 aliphatic carbocycles. The summed E-state index contributed by atoms with van der Waals surface area (Å²) in [6.07, 6.45) is 2.21. The molecule has 0 aliphatic heterocycles. The molecule has 0 saturated carbocycles. The first-order valence-corrected chi connectivity index (χ1v) is 7.05. The summed E-state index contributed by atoms with van der Waals surface area (Å²) in [5, 5.41) is 2.84. The molecular weight excluding hydrogens is 256 g/mol. The van der Waals surface area contributed by atoms with Crippen LogP contribution in [0.1, 0.15) is 26.2 Å². The summed E-state index contributed by atoms with van der Waals surface area (Å²) in [5.74, 6) is 0.718. The van der Waals surface area contributed by atoms with Gasteiger partial charge in [0.25, 0.3) is 0 Å². The van der Waals surface area contributed by atoms with Crippen LogP contribution in [0.15, 0.2) is 24.3 Å². The second kappa shape index (κ2) is 10.1.